The number of nitrogens with zero attached hydrogens (tertiary/aromatic N) is 1. The van der Waals surface area contributed by atoms with Gasteiger partial charge >= 0.3 is 5.97 Å². The van der Waals surface area contributed by atoms with Crippen LogP contribution in [0.5, 0.6) is 11.5 Å². The third-order valence-electron chi connectivity index (χ3n) is 5.64. The predicted molar refractivity (Wildman–Crippen MR) is 119 cm³/mol. The highest BCUT2D eigenvalue weighted by Gasteiger charge is 2.34. The lowest BCUT2D eigenvalue weighted by atomic mass is 9.93. The first-order valence-corrected chi connectivity index (χ1v) is 11.0. The Bertz CT molecular complexity index is 820. The lowest BCUT2D eigenvalue weighted by molar-refractivity contribution is -0.150. The summed E-state index contributed by atoms with van der Waals surface area (Å²) in [6, 6.07) is 15.2. The number of rotatable bonds is 10. The monoisotopic (exact) mass is 427 g/mol. The molecule has 0 aliphatic carbocycles. The molecule has 168 valence electrons. The van der Waals surface area contributed by atoms with Crippen molar-refractivity contribution in [2.75, 3.05) is 33.4 Å². The van der Waals surface area contributed by atoms with Crippen LogP contribution < -0.4 is 9.47 Å². The lowest BCUT2D eigenvalue weighted by Gasteiger charge is -2.32. The van der Waals surface area contributed by atoms with Crippen molar-refractivity contribution in [3.05, 3.63) is 59.7 Å². The first-order chi connectivity index (χ1) is 15.1. The van der Waals surface area contributed by atoms with Crippen LogP contribution in [0.15, 0.2) is 48.5 Å². The number of hydrogen-bond acceptors (Lipinski definition) is 6. The molecule has 1 N–H and O–H groups in total. The van der Waals surface area contributed by atoms with Crippen molar-refractivity contribution in [2.24, 2.45) is 5.92 Å². The van der Waals surface area contributed by atoms with Gasteiger partial charge in [-0.2, -0.15) is 0 Å². The zero-order chi connectivity index (χ0) is 22.1. The van der Waals surface area contributed by atoms with Gasteiger partial charge in [0, 0.05) is 12.1 Å². The van der Waals surface area contributed by atoms with Gasteiger partial charge in [-0.25, -0.2) is 0 Å². The smallest absolute Gasteiger partial charge is 0.312 e. The van der Waals surface area contributed by atoms with E-state index in [1.807, 2.05) is 49.4 Å². The van der Waals surface area contributed by atoms with Gasteiger partial charge in [-0.15, -0.1) is 0 Å². The van der Waals surface area contributed by atoms with Crippen LogP contribution >= 0.6 is 0 Å². The summed E-state index contributed by atoms with van der Waals surface area (Å²) in [5, 5.41) is 11.3. The summed E-state index contributed by atoms with van der Waals surface area (Å²) in [6.07, 6.45) is 2.35. The Labute approximate surface area is 184 Å². The Morgan fingerprint density at radius 1 is 1.03 bits per heavy atom. The third kappa shape index (κ3) is 6.21. The predicted octanol–water partition coefficient (Wildman–Crippen LogP) is 3.97. The summed E-state index contributed by atoms with van der Waals surface area (Å²) in [4.78, 5) is 14.8. The van der Waals surface area contributed by atoms with E-state index in [0.29, 0.717) is 36.8 Å². The molecule has 0 spiro atoms. The summed E-state index contributed by atoms with van der Waals surface area (Å²) < 4.78 is 16.9. The number of benzene rings is 2. The quantitative estimate of drug-likeness (QED) is 0.579. The molecule has 2 unspecified atom stereocenters. The molecule has 2 aromatic rings. The highest BCUT2D eigenvalue weighted by Crippen LogP contribution is 2.39. The fourth-order valence-corrected chi connectivity index (χ4v) is 4.01. The van der Waals surface area contributed by atoms with Crippen molar-refractivity contribution in [1.29, 1.82) is 0 Å². The highest BCUT2D eigenvalue weighted by molar-refractivity contribution is 5.74. The van der Waals surface area contributed by atoms with E-state index in [1.54, 1.807) is 6.07 Å². The topological polar surface area (TPSA) is 68.2 Å². The molecule has 2 aromatic carbocycles. The summed E-state index contributed by atoms with van der Waals surface area (Å²) in [7, 11) is 1.36. The minimum Gasteiger partial charge on any atom is -0.490 e. The molecule has 3 rings (SSSR count). The van der Waals surface area contributed by atoms with Crippen LogP contribution in [-0.4, -0.2) is 49.3 Å². The van der Waals surface area contributed by atoms with Gasteiger partial charge in [0.25, 0.3) is 0 Å². The maximum atomic E-state index is 12.6. The minimum atomic E-state index is -1.07. The van der Waals surface area contributed by atoms with Crippen molar-refractivity contribution in [3.8, 4) is 11.5 Å². The standard InChI is InChI=1S/C25H33NO5/c1-3-30-22-14-10-13-20(24(22)31-18-19-11-6-4-7-12-19)23(27)21(25(28)29-2)17-26-15-8-5-9-16-26/h4,6-7,10-14,21,23,27H,3,5,8-9,15-18H2,1-2H3. The molecule has 1 aliphatic heterocycles. The normalized spacial score (nSPS) is 16.4. The SMILES string of the molecule is CCOc1cccc(C(O)C(CN2CCCCC2)C(=O)OC)c1OCc1ccccc1. The zero-order valence-electron chi connectivity index (χ0n) is 18.5. The fraction of sp³-hybridized carbons (Fsp3) is 0.480. The van der Waals surface area contributed by atoms with E-state index in [9.17, 15) is 9.90 Å². The van der Waals surface area contributed by atoms with Crippen LogP contribution in [0.3, 0.4) is 0 Å². The maximum Gasteiger partial charge on any atom is 0.312 e. The molecule has 6 nitrogen and oxygen atoms in total. The molecule has 1 heterocycles. The number of likely N-dealkylation sites (tertiary alicyclic amines) is 1. The molecule has 0 amide bonds. The second kappa shape index (κ2) is 11.7. The maximum absolute atomic E-state index is 12.6. The first-order valence-electron chi connectivity index (χ1n) is 11.0. The first kappa shape index (κ1) is 23.1. The number of para-hydroxylation sites is 1. The number of hydrogen-bond donors (Lipinski definition) is 1. The van der Waals surface area contributed by atoms with Gasteiger partial charge in [-0.05, 0) is 44.5 Å². The van der Waals surface area contributed by atoms with Gasteiger partial charge in [-0.3, -0.25) is 4.79 Å². The van der Waals surface area contributed by atoms with E-state index >= 15 is 0 Å². The molecule has 0 bridgehead atoms. The van der Waals surface area contributed by atoms with Gasteiger partial charge < -0.3 is 24.2 Å². The number of carbonyl (C=O) groups is 1. The van der Waals surface area contributed by atoms with Crippen molar-refractivity contribution in [1.82, 2.24) is 4.90 Å². The second-order valence-electron chi connectivity index (χ2n) is 7.82. The van der Waals surface area contributed by atoms with Crippen LogP contribution in [0.4, 0.5) is 0 Å². The van der Waals surface area contributed by atoms with Gasteiger partial charge in [0.15, 0.2) is 11.5 Å². The Morgan fingerprint density at radius 3 is 2.45 bits per heavy atom. The van der Waals surface area contributed by atoms with Crippen molar-refractivity contribution < 1.29 is 24.1 Å². The molecule has 6 heteroatoms. The van der Waals surface area contributed by atoms with E-state index in [2.05, 4.69) is 4.90 Å². The number of ether oxygens (including phenoxy) is 3. The van der Waals surface area contributed by atoms with Crippen molar-refractivity contribution >= 4 is 5.97 Å². The average Bonchev–Trinajstić information content (AvgIpc) is 2.82. The van der Waals surface area contributed by atoms with Gasteiger partial charge in [0.1, 0.15) is 6.61 Å². The van der Waals surface area contributed by atoms with Gasteiger partial charge in [0.2, 0.25) is 0 Å². The molecular formula is C25H33NO5. The van der Waals surface area contributed by atoms with Gasteiger partial charge in [0.05, 0.1) is 25.7 Å². The summed E-state index contributed by atoms with van der Waals surface area (Å²) >= 11 is 0. The van der Waals surface area contributed by atoms with E-state index in [4.69, 9.17) is 14.2 Å². The fourth-order valence-electron chi connectivity index (χ4n) is 4.01. The minimum absolute atomic E-state index is 0.333. The molecule has 0 aromatic heterocycles. The Kier molecular flexibility index (Phi) is 8.74. The van der Waals surface area contributed by atoms with Crippen molar-refractivity contribution in [2.45, 2.75) is 38.9 Å². The number of esters is 1. The molecule has 0 saturated carbocycles. The lowest BCUT2D eigenvalue weighted by Crippen LogP contribution is -2.39. The van der Waals surface area contributed by atoms with Crippen LogP contribution in [0, 0.1) is 5.92 Å². The molecule has 1 fully saturated rings. The molecule has 1 saturated heterocycles. The van der Waals surface area contributed by atoms with Crippen LogP contribution in [0.1, 0.15) is 43.4 Å². The van der Waals surface area contributed by atoms with E-state index < -0.39 is 18.0 Å². The van der Waals surface area contributed by atoms with E-state index in [-0.39, 0.29) is 0 Å². The molecule has 2 atom stereocenters. The Morgan fingerprint density at radius 2 is 1.77 bits per heavy atom. The highest BCUT2D eigenvalue weighted by atomic mass is 16.5. The molecular weight excluding hydrogens is 394 g/mol. The average molecular weight is 428 g/mol. The number of methoxy groups -OCH3 is 1. The zero-order valence-corrected chi connectivity index (χ0v) is 18.5. The van der Waals surface area contributed by atoms with Gasteiger partial charge in [-0.1, -0.05) is 48.9 Å². The Balaban J connectivity index is 1.87. The largest absolute Gasteiger partial charge is 0.490 e. The van der Waals surface area contributed by atoms with E-state index in [1.165, 1.54) is 13.5 Å². The molecule has 31 heavy (non-hydrogen) atoms. The van der Waals surface area contributed by atoms with Crippen LogP contribution in [-0.2, 0) is 16.1 Å². The number of aliphatic hydroxyl groups is 1. The Hall–Kier alpha value is -2.57. The summed E-state index contributed by atoms with van der Waals surface area (Å²) in [6.45, 7) is 5.00. The summed E-state index contributed by atoms with van der Waals surface area (Å²) in [5.41, 5.74) is 1.54. The number of piperidine rings is 1. The molecule has 0 radical (unpaired) electrons. The van der Waals surface area contributed by atoms with Crippen LogP contribution in [0.2, 0.25) is 0 Å². The summed E-state index contributed by atoms with van der Waals surface area (Å²) in [5.74, 6) is -0.113. The van der Waals surface area contributed by atoms with Crippen molar-refractivity contribution in [3.63, 3.8) is 0 Å². The molecule has 1 aliphatic rings. The second-order valence-corrected chi connectivity index (χ2v) is 7.82. The number of aliphatic hydroxyl groups excluding tert-OH is 1. The number of carbonyl (C=O) groups excluding carboxylic acids is 1. The van der Waals surface area contributed by atoms with E-state index in [0.717, 1.165) is 31.5 Å². The van der Waals surface area contributed by atoms with Crippen LogP contribution in [0.25, 0.3) is 0 Å². The third-order valence-corrected chi connectivity index (χ3v) is 5.64.